The third-order valence-electron chi connectivity index (χ3n) is 3.11. The summed E-state index contributed by atoms with van der Waals surface area (Å²) in [6.07, 6.45) is 3.09. The highest BCUT2D eigenvalue weighted by Crippen LogP contribution is 2.41. The van der Waals surface area contributed by atoms with Crippen molar-refractivity contribution in [2.75, 3.05) is 7.11 Å². The van der Waals surface area contributed by atoms with Crippen LogP contribution in [0.3, 0.4) is 0 Å². The minimum atomic E-state index is -0.383. The van der Waals surface area contributed by atoms with Gasteiger partial charge in [-0.2, -0.15) is 0 Å². The molecule has 2 rings (SSSR count). The molecule has 0 radical (unpaired) electrons. The van der Waals surface area contributed by atoms with Gasteiger partial charge in [-0.05, 0) is 37.0 Å². The molecule has 1 aromatic carbocycles. The monoisotopic (exact) mass is 270 g/mol. The van der Waals surface area contributed by atoms with Gasteiger partial charge in [-0.15, -0.1) is 0 Å². The first-order valence-corrected chi connectivity index (χ1v) is 6.03. The molecule has 1 saturated carbocycles. The molecule has 0 aliphatic heterocycles. The van der Waals surface area contributed by atoms with Crippen LogP contribution in [0, 0.1) is 5.92 Å². The molecule has 0 amide bonds. The molecule has 1 unspecified atom stereocenters. The van der Waals surface area contributed by atoms with Crippen molar-refractivity contribution in [2.24, 2.45) is 5.92 Å². The summed E-state index contributed by atoms with van der Waals surface area (Å²) in [5.74, 6) is 1.19. The molecule has 0 spiro atoms. The molecule has 0 aromatic heterocycles. The Bertz CT molecular complexity index is 347. The Labute approximate surface area is 98.4 Å². The molecular formula is C12H15BrO2. The maximum absolute atomic E-state index is 10.2. The molecule has 1 aliphatic carbocycles. The number of ether oxygens (including phenoxy) is 1. The molecular weight excluding hydrogens is 256 g/mol. The molecule has 0 saturated heterocycles. The van der Waals surface area contributed by atoms with Crippen molar-refractivity contribution < 1.29 is 9.84 Å². The van der Waals surface area contributed by atoms with E-state index in [0.29, 0.717) is 5.92 Å². The highest BCUT2D eigenvalue weighted by atomic mass is 79.9. The van der Waals surface area contributed by atoms with E-state index >= 15 is 0 Å². The zero-order valence-corrected chi connectivity index (χ0v) is 10.3. The lowest BCUT2D eigenvalue weighted by atomic mass is 9.78. The van der Waals surface area contributed by atoms with Gasteiger partial charge in [0.15, 0.2) is 0 Å². The summed E-state index contributed by atoms with van der Waals surface area (Å²) in [4.78, 5) is 0. The minimum absolute atomic E-state index is 0.383. The molecule has 1 aliphatic rings. The Balaban J connectivity index is 2.27. The number of aliphatic hydroxyl groups is 1. The quantitative estimate of drug-likeness (QED) is 0.914. The smallest absolute Gasteiger partial charge is 0.124 e. The second-order valence-electron chi connectivity index (χ2n) is 4.02. The predicted octanol–water partition coefficient (Wildman–Crippen LogP) is 3.29. The second-order valence-corrected chi connectivity index (χ2v) is 4.94. The van der Waals surface area contributed by atoms with Crippen molar-refractivity contribution >= 4 is 15.9 Å². The fraction of sp³-hybridized carbons (Fsp3) is 0.500. The van der Waals surface area contributed by atoms with Crippen molar-refractivity contribution in [3.05, 3.63) is 28.2 Å². The van der Waals surface area contributed by atoms with Crippen LogP contribution in [0.15, 0.2) is 22.7 Å². The first-order valence-electron chi connectivity index (χ1n) is 5.24. The van der Waals surface area contributed by atoms with E-state index in [9.17, 15) is 5.11 Å². The van der Waals surface area contributed by atoms with Crippen LogP contribution in [0.2, 0.25) is 0 Å². The summed E-state index contributed by atoms with van der Waals surface area (Å²) < 4.78 is 6.24. The van der Waals surface area contributed by atoms with Crippen molar-refractivity contribution in [3.8, 4) is 5.75 Å². The molecule has 1 atom stereocenters. The summed E-state index contributed by atoms with van der Waals surface area (Å²) >= 11 is 3.42. The van der Waals surface area contributed by atoms with E-state index in [4.69, 9.17) is 4.74 Å². The Morgan fingerprint density at radius 3 is 2.73 bits per heavy atom. The molecule has 0 bridgehead atoms. The number of rotatable bonds is 3. The lowest BCUT2D eigenvalue weighted by Crippen LogP contribution is -2.20. The van der Waals surface area contributed by atoms with Crippen LogP contribution in [-0.4, -0.2) is 12.2 Å². The number of hydrogen-bond donors (Lipinski definition) is 1. The van der Waals surface area contributed by atoms with Gasteiger partial charge in [0.05, 0.1) is 13.2 Å². The van der Waals surface area contributed by atoms with E-state index < -0.39 is 0 Å². The van der Waals surface area contributed by atoms with Crippen molar-refractivity contribution in [1.29, 1.82) is 0 Å². The predicted molar refractivity (Wildman–Crippen MR) is 63.0 cm³/mol. The molecule has 1 fully saturated rings. The summed E-state index contributed by atoms with van der Waals surface area (Å²) in [7, 11) is 1.64. The second kappa shape index (κ2) is 4.54. The molecule has 82 valence electrons. The van der Waals surface area contributed by atoms with Gasteiger partial charge in [0, 0.05) is 10.0 Å². The van der Waals surface area contributed by atoms with Gasteiger partial charge in [-0.25, -0.2) is 0 Å². The summed E-state index contributed by atoms with van der Waals surface area (Å²) in [5, 5.41) is 10.2. The van der Waals surface area contributed by atoms with Gasteiger partial charge in [0.2, 0.25) is 0 Å². The van der Waals surface area contributed by atoms with Gasteiger partial charge in [-0.3, -0.25) is 0 Å². The topological polar surface area (TPSA) is 29.5 Å². The fourth-order valence-corrected chi connectivity index (χ4v) is 2.32. The summed E-state index contributed by atoms with van der Waals surface area (Å²) in [6, 6.07) is 5.76. The van der Waals surface area contributed by atoms with Crippen molar-refractivity contribution in [1.82, 2.24) is 0 Å². The van der Waals surface area contributed by atoms with Crippen LogP contribution in [0.25, 0.3) is 0 Å². The Kier molecular flexibility index (Phi) is 3.32. The van der Waals surface area contributed by atoms with Crippen LogP contribution in [-0.2, 0) is 0 Å². The van der Waals surface area contributed by atoms with E-state index in [0.717, 1.165) is 28.6 Å². The number of hydrogen-bond acceptors (Lipinski definition) is 2. The Morgan fingerprint density at radius 2 is 2.20 bits per heavy atom. The lowest BCUT2D eigenvalue weighted by molar-refractivity contribution is 0.0600. The summed E-state index contributed by atoms with van der Waals surface area (Å²) in [5.41, 5.74) is 0.900. The first-order chi connectivity index (χ1) is 7.22. The average Bonchev–Trinajstić information content (AvgIpc) is 2.15. The normalized spacial score (nSPS) is 18.3. The van der Waals surface area contributed by atoms with E-state index in [1.165, 1.54) is 6.42 Å². The average molecular weight is 271 g/mol. The lowest BCUT2D eigenvalue weighted by Gasteiger charge is -2.31. The first kappa shape index (κ1) is 11.0. The third kappa shape index (κ3) is 2.18. The zero-order valence-electron chi connectivity index (χ0n) is 8.74. The molecule has 1 N–H and O–H groups in total. The number of methoxy groups -OCH3 is 1. The Morgan fingerprint density at radius 1 is 1.47 bits per heavy atom. The van der Waals surface area contributed by atoms with Crippen molar-refractivity contribution in [3.63, 3.8) is 0 Å². The SMILES string of the molecule is COc1ccc(Br)cc1C(O)C1CCC1. The van der Waals surface area contributed by atoms with Crippen LogP contribution in [0.5, 0.6) is 5.75 Å². The summed E-state index contributed by atoms with van der Waals surface area (Å²) in [6.45, 7) is 0. The van der Waals surface area contributed by atoms with Crippen LogP contribution in [0.1, 0.15) is 30.9 Å². The van der Waals surface area contributed by atoms with E-state index in [-0.39, 0.29) is 6.10 Å². The van der Waals surface area contributed by atoms with Crippen molar-refractivity contribution in [2.45, 2.75) is 25.4 Å². The highest BCUT2D eigenvalue weighted by molar-refractivity contribution is 9.10. The van der Waals surface area contributed by atoms with E-state index in [2.05, 4.69) is 15.9 Å². The van der Waals surface area contributed by atoms with Gasteiger partial charge in [0.25, 0.3) is 0 Å². The van der Waals surface area contributed by atoms with E-state index in [1.807, 2.05) is 18.2 Å². The molecule has 2 nitrogen and oxygen atoms in total. The molecule has 1 aromatic rings. The highest BCUT2D eigenvalue weighted by Gasteiger charge is 2.28. The van der Waals surface area contributed by atoms with Crippen LogP contribution >= 0.6 is 15.9 Å². The van der Waals surface area contributed by atoms with Crippen LogP contribution in [0.4, 0.5) is 0 Å². The molecule has 15 heavy (non-hydrogen) atoms. The van der Waals surface area contributed by atoms with Crippen LogP contribution < -0.4 is 4.74 Å². The number of benzene rings is 1. The maximum Gasteiger partial charge on any atom is 0.124 e. The standard InChI is InChI=1S/C12H15BrO2/c1-15-11-6-5-9(13)7-10(11)12(14)8-3-2-4-8/h5-8,12,14H,2-4H2,1H3. The Hall–Kier alpha value is -0.540. The van der Waals surface area contributed by atoms with Gasteiger partial charge < -0.3 is 9.84 Å². The van der Waals surface area contributed by atoms with Gasteiger partial charge >= 0.3 is 0 Å². The minimum Gasteiger partial charge on any atom is -0.496 e. The van der Waals surface area contributed by atoms with Gasteiger partial charge in [-0.1, -0.05) is 22.4 Å². The molecule has 0 heterocycles. The fourth-order valence-electron chi connectivity index (χ4n) is 1.95. The van der Waals surface area contributed by atoms with Gasteiger partial charge in [0.1, 0.15) is 5.75 Å². The number of aliphatic hydroxyl groups excluding tert-OH is 1. The number of halogens is 1. The largest absolute Gasteiger partial charge is 0.496 e. The molecule has 3 heteroatoms. The maximum atomic E-state index is 10.2. The zero-order chi connectivity index (χ0) is 10.8. The third-order valence-corrected chi connectivity index (χ3v) is 3.60. The van der Waals surface area contributed by atoms with E-state index in [1.54, 1.807) is 7.11 Å².